The molecule has 9 nitrogen and oxygen atoms in total. The number of hydrogen-bond acceptors (Lipinski definition) is 7. The Morgan fingerprint density at radius 2 is 1.71 bits per heavy atom. The molecule has 2 fully saturated rings. The van der Waals surface area contributed by atoms with E-state index in [4.69, 9.17) is 9.47 Å². The van der Waals surface area contributed by atoms with Crippen LogP contribution in [0.2, 0.25) is 0 Å². The predicted molar refractivity (Wildman–Crippen MR) is 130 cm³/mol. The number of aromatic amines is 1. The maximum atomic E-state index is 12.7. The van der Waals surface area contributed by atoms with Crippen molar-refractivity contribution in [1.29, 1.82) is 0 Å². The molecule has 2 aromatic rings. The number of carbonyl (C=O) groups is 1. The van der Waals surface area contributed by atoms with E-state index in [2.05, 4.69) is 51.4 Å². The van der Waals surface area contributed by atoms with Gasteiger partial charge in [0.15, 0.2) is 0 Å². The fourth-order valence-corrected chi connectivity index (χ4v) is 4.49. The average molecular weight is 470 g/mol. The molecule has 2 N–H and O–H groups in total. The monoisotopic (exact) mass is 469 g/mol. The molecule has 1 unspecified atom stereocenters. The minimum Gasteiger partial charge on any atom is -0.379 e. The molecule has 1 aromatic heterocycles. The standard InChI is InChI=1S/C25H35N5O4/c1-18-3-5-20(6-4-18)22(29-9-13-33-14-10-29)17-26-23(31)8-7-21-19(2)27-25(28-24(21)32)30-11-15-34-16-12-30/h3-6,22H,7-17H2,1-2H3,(H,26,31)(H,27,28,32). The number of rotatable bonds is 8. The van der Waals surface area contributed by atoms with E-state index in [9.17, 15) is 9.59 Å². The fraction of sp³-hybridized carbons (Fsp3) is 0.560. The number of benzene rings is 1. The van der Waals surface area contributed by atoms with Crippen LogP contribution >= 0.6 is 0 Å². The van der Waals surface area contributed by atoms with Gasteiger partial charge in [0.1, 0.15) is 0 Å². The minimum atomic E-state index is -0.173. The molecule has 1 aromatic carbocycles. The van der Waals surface area contributed by atoms with Gasteiger partial charge in [-0.2, -0.15) is 0 Å². The molecule has 9 heteroatoms. The van der Waals surface area contributed by atoms with Gasteiger partial charge in [0.05, 0.1) is 32.5 Å². The SMILES string of the molecule is Cc1ccc(C(CNC(=O)CCc2c(C)nc(N3CCOCC3)[nH]c2=O)N2CCOCC2)cc1. The molecule has 184 valence electrons. The third-order valence-electron chi connectivity index (χ3n) is 6.56. The minimum absolute atomic E-state index is 0.0681. The summed E-state index contributed by atoms with van der Waals surface area (Å²) in [7, 11) is 0. The van der Waals surface area contributed by atoms with Gasteiger partial charge in [-0.25, -0.2) is 4.98 Å². The van der Waals surface area contributed by atoms with Crippen molar-refractivity contribution in [2.45, 2.75) is 32.7 Å². The molecule has 0 spiro atoms. The Morgan fingerprint density at radius 1 is 1.06 bits per heavy atom. The van der Waals surface area contributed by atoms with E-state index < -0.39 is 0 Å². The van der Waals surface area contributed by atoms with Crippen molar-refractivity contribution in [3.8, 4) is 0 Å². The predicted octanol–water partition coefficient (Wildman–Crippen LogP) is 1.35. The summed E-state index contributed by atoms with van der Waals surface area (Å²) in [5.41, 5.74) is 3.46. The van der Waals surface area contributed by atoms with E-state index in [-0.39, 0.29) is 23.9 Å². The summed E-state index contributed by atoms with van der Waals surface area (Å²) in [4.78, 5) is 37.3. The Kier molecular flexibility index (Phi) is 8.31. The van der Waals surface area contributed by atoms with E-state index >= 15 is 0 Å². The Morgan fingerprint density at radius 3 is 2.35 bits per heavy atom. The van der Waals surface area contributed by atoms with Gasteiger partial charge in [0.2, 0.25) is 11.9 Å². The van der Waals surface area contributed by atoms with Crippen molar-refractivity contribution < 1.29 is 14.3 Å². The largest absolute Gasteiger partial charge is 0.379 e. The Bertz CT molecular complexity index is 1010. The first-order valence-electron chi connectivity index (χ1n) is 12.1. The number of aromatic nitrogens is 2. The lowest BCUT2D eigenvalue weighted by molar-refractivity contribution is -0.121. The van der Waals surface area contributed by atoms with E-state index in [1.807, 2.05) is 11.8 Å². The first-order valence-corrected chi connectivity index (χ1v) is 12.1. The van der Waals surface area contributed by atoms with Crippen molar-refractivity contribution in [2.75, 3.05) is 64.1 Å². The summed E-state index contributed by atoms with van der Waals surface area (Å²) in [5, 5.41) is 3.09. The highest BCUT2D eigenvalue weighted by Crippen LogP contribution is 2.22. The van der Waals surface area contributed by atoms with Crippen LogP contribution in [0.25, 0.3) is 0 Å². The van der Waals surface area contributed by atoms with Gasteiger partial charge < -0.3 is 19.7 Å². The lowest BCUT2D eigenvalue weighted by Gasteiger charge is -2.35. The van der Waals surface area contributed by atoms with Gasteiger partial charge in [0, 0.05) is 50.4 Å². The number of hydrogen-bond donors (Lipinski definition) is 2. The maximum absolute atomic E-state index is 12.7. The number of H-pyrrole nitrogens is 1. The molecular formula is C25H35N5O4. The summed E-state index contributed by atoms with van der Waals surface area (Å²) >= 11 is 0. The van der Waals surface area contributed by atoms with Gasteiger partial charge in [0.25, 0.3) is 5.56 Å². The molecule has 1 amide bonds. The van der Waals surface area contributed by atoms with Crippen molar-refractivity contribution in [2.24, 2.45) is 0 Å². The first-order chi connectivity index (χ1) is 16.5. The Balaban J connectivity index is 1.36. The summed E-state index contributed by atoms with van der Waals surface area (Å²) in [6.45, 7) is 10.2. The van der Waals surface area contributed by atoms with E-state index in [1.54, 1.807) is 0 Å². The quantitative estimate of drug-likeness (QED) is 0.602. The van der Waals surface area contributed by atoms with Crippen LogP contribution in [0.1, 0.15) is 34.8 Å². The Labute approximate surface area is 200 Å². The van der Waals surface area contributed by atoms with Crippen LogP contribution in [0.3, 0.4) is 0 Å². The molecule has 0 aliphatic carbocycles. The number of aryl methyl sites for hydroxylation is 2. The molecule has 0 radical (unpaired) electrons. The summed E-state index contributed by atoms with van der Waals surface area (Å²) in [5.74, 6) is 0.506. The van der Waals surface area contributed by atoms with Gasteiger partial charge >= 0.3 is 0 Å². The normalized spacial score (nSPS) is 18.0. The van der Waals surface area contributed by atoms with Crippen LogP contribution in [0.15, 0.2) is 29.1 Å². The van der Waals surface area contributed by atoms with Crippen LogP contribution in [0.4, 0.5) is 5.95 Å². The zero-order valence-corrected chi connectivity index (χ0v) is 20.1. The second kappa shape index (κ2) is 11.6. The maximum Gasteiger partial charge on any atom is 0.255 e. The van der Waals surface area contributed by atoms with Gasteiger partial charge in [-0.15, -0.1) is 0 Å². The first kappa shape index (κ1) is 24.4. The highest BCUT2D eigenvalue weighted by atomic mass is 16.5. The number of morpholine rings is 2. The number of ether oxygens (including phenoxy) is 2. The molecule has 1 atom stereocenters. The summed E-state index contributed by atoms with van der Waals surface area (Å²) < 4.78 is 10.9. The van der Waals surface area contributed by atoms with Gasteiger partial charge in [-0.05, 0) is 25.8 Å². The molecule has 0 bridgehead atoms. The van der Waals surface area contributed by atoms with Crippen molar-refractivity contribution in [3.05, 3.63) is 57.0 Å². The number of anilines is 1. The molecule has 0 saturated carbocycles. The topological polar surface area (TPSA) is 99.8 Å². The number of carbonyl (C=O) groups excluding carboxylic acids is 1. The second-order valence-corrected chi connectivity index (χ2v) is 8.93. The zero-order valence-electron chi connectivity index (χ0n) is 20.1. The Hall–Kier alpha value is -2.75. The summed E-state index contributed by atoms with van der Waals surface area (Å²) in [6.07, 6.45) is 0.600. The van der Waals surface area contributed by atoms with E-state index in [0.29, 0.717) is 69.7 Å². The van der Waals surface area contributed by atoms with Gasteiger partial charge in [-0.1, -0.05) is 29.8 Å². The lowest BCUT2D eigenvalue weighted by Crippen LogP contribution is -2.43. The highest BCUT2D eigenvalue weighted by molar-refractivity contribution is 5.76. The van der Waals surface area contributed by atoms with Crippen molar-refractivity contribution in [1.82, 2.24) is 20.2 Å². The molecule has 2 aliphatic heterocycles. The molecule has 2 saturated heterocycles. The average Bonchev–Trinajstić information content (AvgIpc) is 2.86. The third-order valence-corrected chi connectivity index (χ3v) is 6.56. The lowest BCUT2D eigenvalue weighted by atomic mass is 10.0. The third kappa shape index (κ3) is 6.22. The molecule has 34 heavy (non-hydrogen) atoms. The van der Waals surface area contributed by atoms with E-state index in [1.165, 1.54) is 11.1 Å². The van der Waals surface area contributed by atoms with Crippen molar-refractivity contribution >= 4 is 11.9 Å². The van der Waals surface area contributed by atoms with Crippen molar-refractivity contribution in [3.63, 3.8) is 0 Å². The van der Waals surface area contributed by atoms with Crippen LogP contribution in [0, 0.1) is 13.8 Å². The van der Waals surface area contributed by atoms with E-state index in [0.717, 1.165) is 13.1 Å². The number of amides is 1. The molecule has 4 rings (SSSR count). The summed E-state index contributed by atoms with van der Waals surface area (Å²) in [6, 6.07) is 8.56. The molecule has 3 heterocycles. The molecule has 2 aliphatic rings. The fourth-order valence-electron chi connectivity index (χ4n) is 4.49. The molecular weight excluding hydrogens is 434 g/mol. The highest BCUT2D eigenvalue weighted by Gasteiger charge is 2.23. The number of nitrogens with zero attached hydrogens (tertiary/aromatic N) is 3. The number of nitrogens with one attached hydrogen (secondary N) is 2. The van der Waals surface area contributed by atoms with Crippen LogP contribution in [0.5, 0.6) is 0 Å². The van der Waals surface area contributed by atoms with Gasteiger partial charge in [-0.3, -0.25) is 19.5 Å². The second-order valence-electron chi connectivity index (χ2n) is 8.93. The van der Waals surface area contributed by atoms with Crippen LogP contribution in [-0.4, -0.2) is 79.9 Å². The van der Waals surface area contributed by atoms with Crippen LogP contribution < -0.4 is 15.8 Å². The zero-order chi connectivity index (χ0) is 23.9. The smallest absolute Gasteiger partial charge is 0.255 e. The van der Waals surface area contributed by atoms with Crippen LogP contribution in [-0.2, 0) is 20.7 Å².